The van der Waals surface area contributed by atoms with Crippen LogP contribution in [-0.4, -0.2) is 39.5 Å². The smallest absolute Gasteiger partial charge is 0.410 e. The maximum absolute atomic E-state index is 12.4. The normalized spacial score (nSPS) is 16.7. The van der Waals surface area contributed by atoms with Crippen molar-refractivity contribution in [1.82, 2.24) is 14.9 Å². The van der Waals surface area contributed by atoms with Gasteiger partial charge in [0.05, 0.1) is 0 Å². The minimum atomic E-state index is -0.558. The standard InChI is InChI=1S/C17H18N4O3/c22-15(20-16-18-9-5-10-19-16)14-8-4-11-21(14)17(23)24-12-13-6-2-1-3-7-13/h1-3,5-7,9-10,14H,4,8,11-12H2,(H,18,19,20,22). The van der Waals surface area contributed by atoms with Gasteiger partial charge in [-0.05, 0) is 24.5 Å². The van der Waals surface area contributed by atoms with Crippen molar-refractivity contribution < 1.29 is 14.3 Å². The number of nitrogens with one attached hydrogen (secondary N) is 1. The molecule has 2 heterocycles. The van der Waals surface area contributed by atoms with Gasteiger partial charge in [-0.2, -0.15) is 0 Å². The van der Waals surface area contributed by atoms with Gasteiger partial charge in [0.1, 0.15) is 12.6 Å². The number of benzene rings is 1. The third-order valence-electron chi connectivity index (χ3n) is 3.80. The molecule has 24 heavy (non-hydrogen) atoms. The molecule has 0 radical (unpaired) electrons. The number of carbonyl (C=O) groups is 2. The monoisotopic (exact) mass is 326 g/mol. The molecule has 1 aromatic heterocycles. The number of hydrogen-bond acceptors (Lipinski definition) is 5. The van der Waals surface area contributed by atoms with Crippen molar-refractivity contribution >= 4 is 17.9 Å². The van der Waals surface area contributed by atoms with Crippen LogP contribution in [0.2, 0.25) is 0 Å². The number of likely N-dealkylation sites (tertiary alicyclic amines) is 1. The van der Waals surface area contributed by atoms with E-state index in [2.05, 4.69) is 15.3 Å². The van der Waals surface area contributed by atoms with Gasteiger partial charge in [0.25, 0.3) is 0 Å². The van der Waals surface area contributed by atoms with E-state index < -0.39 is 12.1 Å². The largest absolute Gasteiger partial charge is 0.445 e. The third-order valence-corrected chi connectivity index (χ3v) is 3.80. The topological polar surface area (TPSA) is 84.4 Å². The Morgan fingerprint density at radius 3 is 2.67 bits per heavy atom. The highest BCUT2D eigenvalue weighted by Crippen LogP contribution is 2.20. The van der Waals surface area contributed by atoms with Crippen LogP contribution >= 0.6 is 0 Å². The van der Waals surface area contributed by atoms with E-state index >= 15 is 0 Å². The van der Waals surface area contributed by atoms with Crippen LogP contribution in [0.4, 0.5) is 10.7 Å². The van der Waals surface area contributed by atoms with Gasteiger partial charge >= 0.3 is 6.09 Å². The summed E-state index contributed by atoms with van der Waals surface area (Å²) in [4.78, 5) is 34.0. The van der Waals surface area contributed by atoms with Crippen molar-refractivity contribution in [2.24, 2.45) is 0 Å². The van der Waals surface area contributed by atoms with Crippen LogP contribution in [0.1, 0.15) is 18.4 Å². The average molecular weight is 326 g/mol. The summed E-state index contributed by atoms with van der Waals surface area (Å²) in [5, 5.41) is 2.63. The Labute approximate surface area is 139 Å². The summed E-state index contributed by atoms with van der Waals surface area (Å²) < 4.78 is 5.32. The second kappa shape index (κ2) is 7.54. The van der Waals surface area contributed by atoms with Gasteiger partial charge in [0.15, 0.2) is 0 Å². The van der Waals surface area contributed by atoms with Crippen LogP contribution in [0, 0.1) is 0 Å². The molecule has 2 amide bonds. The van der Waals surface area contributed by atoms with Gasteiger partial charge in [-0.1, -0.05) is 30.3 Å². The summed E-state index contributed by atoms with van der Waals surface area (Å²) >= 11 is 0. The van der Waals surface area contributed by atoms with E-state index in [9.17, 15) is 9.59 Å². The van der Waals surface area contributed by atoms with E-state index in [1.54, 1.807) is 18.5 Å². The van der Waals surface area contributed by atoms with Gasteiger partial charge in [-0.25, -0.2) is 14.8 Å². The summed E-state index contributed by atoms with van der Waals surface area (Å²) in [5.74, 6) is -0.0673. The molecule has 1 aliphatic rings. The number of hydrogen-bond donors (Lipinski definition) is 1. The maximum atomic E-state index is 12.4. The lowest BCUT2D eigenvalue weighted by atomic mass is 10.2. The zero-order chi connectivity index (χ0) is 16.8. The molecule has 124 valence electrons. The summed E-state index contributed by atoms with van der Waals surface area (Å²) in [6, 6.07) is 10.5. The van der Waals surface area contributed by atoms with Gasteiger partial charge in [0.2, 0.25) is 11.9 Å². The molecule has 0 aliphatic carbocycles. The second-order valence-corrected chi connectivity index (χ2v) is 5.45. The van der Waals surface area contributed by atoms with Crippen LogP contribution < -0.4 is 5.32 Å². The first-order chi connectivity index (χ1) is 11.7. The number of carbonyl (C=O) groups excluding carboxylic acids is 2. The number of ether oxygens (including phenoxy) is 1. The van der Waals surface area contributed by atoms with Crippen molar-refractivity contribution in [3.05, 3.63) is 54.4 Å². The molecule has 1 atom stereocenters. The van der Waals surface area contributed by atoms with Crippen LogP contribution in [-0.2, 0) is 16.1 Å². The zero-order valence-electron chi connectivity index (χ0n) is 13.1. The second-order valence-electron chi connectivity index (χ2n) is 5.45. The minimum absolute atomic E-state index is 0.187. The van der Waals surface area contributed by atoms with Gasteiger partial charge in [0, 0.05) is 18.9 Å². The first kappa shape index (κ1) is 15.9. The lowest BCUT2D eigenvalue weighted by molar-refractivity contribution is -0.120. The van der Waals surface area contributed by atoms with Crippen molar-refractivity contribution in [3.63, 3.8) is 0 Å². The van der Waals surface area contributed by atoms with E-state index in [0.717, 1.165) is 12.0 Å². The molecule has 3 rings (SSSR count). The lowest BCUT2D eigenvalue weighted by Gasteiger charge is -2.23. The number of nitrogens with zero attached hydrogens (tertiary/aromatic N) is 3. The zero-order valence-corrected chi connectivity index (χ0v) is 13.1. The predicted molar refractivity (Wildman–Crippen MR) is 87.0 cm³/mol. The molecular weight excluding hydrogens is 308 g/mol. The Morgan fingerprint density at radius 2 is 1.92 bits per heavy atom. The summed E-state index contributed by atoms with van der Waals surface area (Å²) in [5.41, 5.74) is 0.906. The fraction of sp³-hybridized carbons (Fsp3) is 0.294. The molecule has 1 aliphatic heterocycles. The molecule has 1 fully saturated rings. The Morgan fingerprint density at radius 1 is 1.17 bits per heavy atom. The number of aromatic nitrogens is 2. The van der Waals surface area contributed by atoms with E-state index in [1.807, 2.05) is 30.3 Å². The van der Waals surface area contributed by atoms with Gasteiger partial charge in [-0.3, -0.25) is 15.0 Å². The Hall–Kier alpha value is -2.96. The molecule has 1 aromatic carbocycles. The third kappa shape index (κ3) is 3.87. The molecule has 7 heteroatoms. The van der Waals surface area contributed by atoms with Crippen molar-refractivity contribution in [2.45, 2.75) is 25.5 Å². The van der Waals surface area contributed by atoms with Crippen LogP contribution in [0.15, 0.2) is 48.8 Å². The first-order valence-corrected chi connectivity index (χ1v) is 7.79. The van der Waals surface area contributed by atoms with Crippen molar-refractivity contribution in [1.29, 1.82) is 0 Å². The average Bonchev–Trinajstić information content (AvgIpc) is 3.11. The van der Waals surface area contributed by atoms with Gasteiger partial charge in [-0.15, -0.1) is 0 Å². The Bertz CT molecular complexity index is 693. The van der Waals surface area contributed by atoms with Crippen molar-refractivity contribution in [2.75, 3.05) is 11.9 Å². The molecule has 7 nitrogen and oxygen atoms in total. The van der Waals surface area contributed by atoms with Crippen LogP contribution in [0.3, 0.4) is 0 Å². The fourth-order valence-corrected chi connectivity index (χ4v) is 2.62. The van der Waals surface area contributed by atoms with Gasteiger partial charge < -0.3 is 4.74 Å². The van der Waals surface area contributed by atoms with Crippen LogP contribution in [0.5, 0.6) is 0 Å². The highest BCUT2D eigenvalue weighted by Gasteiger charge is 2.35. The molecule has 0 spiro atoms. The summed E-state index contributed by atoms with van der Waals surface area (Å²) in [6.45, 7) is 0.688. The molecule has 1 unspecified atom stereocenters. The molecular formula is C17H18N4O3. The first-order valence-electron chi connectivity index (χ1n) is 7.79. The molecule has 1 N–H and O–H groups in total. The van der Waals surface area contributed by atoms with E-state index in [1.165, 1.54) is 4.90 Å². The Balaban J connectivity index is 1.58. The SMILES string of the molecule is O=C(Nc1ncccn1)C1CCCN1C(=O)OCc1ccccc1. The highest BCUT2D eigenvalue weighted by atomic mass is 16.6. The number of anilines is 1. The quantitative estimate of drug-likeness (QED) is 0.931. The predicted octanol–water partition coefficient (Wildman–Crippen LogP) is 2.22. The fourth-order valence-electron chi connectivity index (χ4n) is 2.62. The molecule has 1 saturated heterocycles. The molecule has 0 saturated carbocycles. The lowest BCUT2D eigenvalue weighted by Crippen LogP contribution is -2.43. The minimum Gasteiger partial charge on any atom is -0.445 e. The van der Waals surface area contributed by atoms with Crippen molar-refractivity contribution in [3.8, 4) is 0 Å². The maximum Gasteiger partial charge on any atom is 0.410 e. The number of amides is 2. The summed E-state index contributed by atoms with van der Waals surface area (Å²) in [7, 11) is 0. The Kier molecular flexibility index (Phi) is 5.00. The number of rotatable bonds is 4. The molecule has 0 bridgehead atoms. The summed E-state index contributed by atoms with van der Waals surface area (Å²) in [6.07, 6.45) is 3.96. The highest BCUT2D eigenvalue weighted by molar-refractivity contribution is 5.95. The van der Waals surface area contributed by atoms with E-state index in [-0.39, 0.29) is 18.5 Å². The molecule has 2 aromatic rings. The van der Waals surface area contributed by atoms with Crippen LogP contribution in [0.25, 0.3) is 0 Å². The van der Waals surface area contributed by atoms with E-state index in [0.29, 0.717) is 13.0 Å². The van der Waals surface area contributed by atoms with E-state index in [4.69, 9.17) is 4.74 Å².